The van der Waals surface area contributed by atoms with E-state index in [0.29, 0.717) is 5.92 Å². The number of hydrogen-bond donors (Lipinski definition) is 0. The molecular formula is C29H25N. The molecule has 0 unspecified atom stereocenters. The van der Waals surface area contributed by atoms with Crippen LogP contribution in [0, 0.1) is 6.92 Å². The molecule has 0 radical (unpaired) electrons. The Balaban J connectivity index is 1.82. The van der Waals surface area contributed by atoms with Gasteiger partial charge in [-0.25, -0.2) is 0 Å². The van der Waals surface area contributed by atoms with E-state index in [9.17, 15) is 0 Å². The molecule has 0 bridgehead atoms. The van der Waals surface area contributed by atoms with Crippen molar-refractivity contribution in [1.82, 2.24) is 4.98 Å². The normalized spacial score (nSPS) is 11.6. The van der Waals surface area contributed by atoms with E-state index in [-0.39, 0.29) is 0 Å². The number of fused-ring (bicyclic) bond motifs is 5. The summed E-state index contributed by atoms with van der Waals surface area (Å²) < 4.78 is 0. The standard InChI is InChI=1S/C29H25N/c1-5-20-7-6-8-24-23(20)9-10-26-25(24)11-12-28-27(26)13-14-30-29(28)22-16-19(4)15-21(17-22)18(2)3/h5-18H,1H2,2-4H3. The molecule has 1 nitrogen and oxygen atoms in total. The zero-order chi connectivity index (χ0) is 20.8. The fourth-order valence-corrected chi connectivity index (χ4v) is 4.55. The summed E-state index contributed by atoms with van der Waals surface area (Å²) in [6, 6.07) is 24.3. The average Bonchev–Trinajstić information content (AvgIpc) is 2.77. The third-order valence-corrected chi connectivity index (χ3v) is 6.09. The number of rotatable bonds is 3. The Hall–Kier alpha value is -3.45. The summed E-state index contributed by atoms with van der Waals surface area (Å²) in [4.78, 5) is 4.80. The van der Waals surface area contributed by atoms with Crippen molar-refractivity contribution in [2.45, 2.75) is 26.7 Å². The zero-order valence-electron chi connectivity index (χ0n) is 17.7. The van der Waals surface area contributed by atoms with Gasteiger partial charge in [-0.2, -0.15) is 0 Å². The third-order valence-electron chi connectivity index (χ3n) is 6.09. The Labute approximate surface area is 177 Å². The molecule has 0 atom stereocenters. The maximum absolute atomic E-state index is 4.80. The van der Waals surface area contributed by atoms with Gasteiger partial charge >= 0.3 is 0 Å². The minimum Gasteiger partial charge on any atom is -0.256 e. The predicted octanol–water partition coefficient (Wildman–Crippen LogP) is 8.28. The Kier molecular flexibility index (Phi) is 4.40. The average molecular weight is 388 g/mol. The summed E-state index contributed by atoms with van der Waals surface area (Å²) in [5, 5.41) is 7.49. The molecule has 30 heavy (non-hydrogen) atoms. The molecule has 0 aliphatic carbocycles. The van der Waals surface area contributed by atoms with E-state index in [1.54, 1.807) is 0 Å². The summed E-state index contributed by atoms with van der Waals surface area (Å²) in [6.45, 7) is 10.6. The van der Waals surface area contributed by atoms with E-state index in [2.05, 4.69) is 94.1 Å². The third kappa shape index (κ3) is 2.90. The van der Waals surface area contributed by atoms with Gasteiger partial charge in [-0.1, -0.05) is 80.6 Å². The van der Waals surface area contributed by atoms with Crippen molar-refractivity contribution in [1.29, 1.82) is 0 Å². The molecule has 1 aromatic heterocycles. The summed E-state index contributed by atoms with van der Waals surface area (Å²) in [7, 11) is 0. The van der Waals surface area contributed by atoms with Crippen LogP contribution < -0.4 is 0 Å². The summed E-state index contributed by atoms with van der Waals surface area (Å²) in [5.74, 6) is 0.491. The lowest BCUT2D eigenvalue weighted by Crippen LogP contribution is -1.93. The van der Waals surface area contributed by atoms with Gasteiger partial charge in [0.15, 0.2) is 0 Å². The molecule has 0 amide bonds. The first-order chi connectivity index (χ1) is 14.6. The first-order valence-electron chi connectivity index (χ1n) is 10.5. The van der Waals surface area contributed by atoms with E-state index in [1.807, 2.05) is 12.3 Å². The highest BCUT2D eigenvalue weighted by Gasteiger charge is 2.12. The molecule has 146 valence electrons. The first kappa shape index (κ1) is 18.6. The van der Waals surface area contributed by atoms with Gasteiger partial charge in [-0.05, 0) is 69.1 Å². The molecule has 1 heterocycles. The second kappa shape index (κ2) is 7.11. The van der Waals surface area contributed by atoms with E-state index in [1.165, 1.54) is 54.6 Å². The number of hydrogen-bond acceptors (Lipinski definition) is 1. The molecule has 0 spiro atoms. The summed E-state index contributed by atoms with van der Waals surface area (Å²) in [6.07, 6.45) is 3.88. The Morgan fingerprint density at radius 2 is 1.43 bits per heavy atom. The van der Waals surface area contributed by atoms with Crippen LogP contribution in [-0.2, 0) is 0 Å². The number of benzene rings is 4. The van der Waals surface area contributed by atoms with Crippen LogP contribution in [-0.4, -0.2) is 4.98 Å². The smallest absolute Gasteiger partial charge is 0.0780 e. The van der Waals surface area contributed by atoms with Crippen LogP contribution in [0.15, 0.2) is 79.5 Å². The molecule has 0 aliphatic rings. The summed E-state index contributed by atoms with van der Waals surface area (Å²) in [5.41, 5.74) is 6.05. The second-order valence-corrected chi connectivity index (χ2v) is 8.41. The van der Waals surface area contributed by atoms with Crippen LogP contribution >= 0.6 is 0 Å². The maximum Gasteiger partial charge on any atom is 0.0780 e. The van der Waals surface area contributed by atoms with Gasteiger partial charge in [0, 0.05) is 17.1 Å². The SMILES string of the molecule is C=Cc1cccc2c1ccc1c3ccnc(-c4cc(C)cc(C(C)C)c4)c3ccc21. The van der Waals surface area contributed by atoms with Gasteiger partial charge in [-0.3, -0.25) is 4.98 Å². The van der Waals surface area contributed by atoms with Crippen molar-refractivity contribution in [2.75, 3.05) is 0 Å². The highest BCUT2D eigenvalue weighted by Crippen LogP contribution is 2.36. The lowest BCUT2D eigenvalue weighted by atomic mass is 9.92. The van der Waals surface area contributed by atoms with Crippen molar-refractivity contribution in [3.05, 3.63) is 96.2 Å². The van der Waals surface area contributed by atoms with Crippen molar-refractivity contribution in [3.8, 4) is 11.3 Å². The molecule has 4 aromatic carbocycles. The van der Waals surface area contributed by atoms with Gasteiger partial charge < -0.3 is 0 Å². The van der Waals surface area contributed by atoms with E-state index in [4.69, 9.17) is 4.98 Å². The molecular weight excluding hydrogens is 362 g/mol. The van der Waals surface area contributed by atoms with Crippen LogP contribution in [0.4, 0.5) is 0 Å². The number of nitrogens with zero attached hydrogens (tertiary/aromatic N) is 1. The van der Waals surface area contributed by atoms with E-state index in [0.717, 1.165) is 5.69 Å². The van der Waals surface area contributed by atoms with Gasteiger partial charge in [-0.15, -0.1) is 0 Å². The van der Waals surface area contributed by atoms with E-state index < -0.39 is 0 Å². The minimum absolute atomic E-state index is 0.491. The fraction of sp³-hybridized carbons (Fsp3) is 0.138. The van der Waals surface area contributed by atoms with Crippen molar-refractivity contribution in [2.24, 2.45) is 0 Å². The molecule has 0 saturated heterocycles. The number of aromatic nitrogens is 1. The quantitative estimate of drug-likeness (QED) is 0.284. The highest BCUT2D eigenvalue weighted by atomic mass is 14.7. The topological polar surface area (TPSA) is 12.9 Å². The number of aryl methyl sites for hydroxylation is 1. The van der Waals surface area contributed by atoms with Crippen LogP contribution in [0.2, 0.25) is 0 Å². The van der Waals surface area contributed by atoms with Gasteiger partial charge in [0.05, 0.1) is 5.69 Å². The van der Waals surface area contributed by atoms with Gasteiger partial charge in [0.1, 0.15) is 0 Å². The Bertz CT molecular complexity index is 1440. The van der Waals surface area contributed by atoms with Crippen molar-refractivity contribution in [3.63, 3.8) is 0 Å². The zero-order valence-corrected chi connectivity index (χ0v) is 17.7. The monoisotopic (exact) mass is 387 g/mol. The predicted molar refractivity (Wildman–Crippen MR) is 131 cm³/mol. The van der Waals surface area contributed by atoms with Crippen molar-refractivity contribution >= 4 is 38.4 Å². The van der Waals surface area contributed by atoms with E-state index >= 15 is 0 Å². The lowest BCUT2D eigenvalue weighted by Gasteiger charge is -2.14. The fourth-order valence-electron chi connectivity index (χ4n) is 4.55. The number of pyridine rings is 1. The van der Waals surface area contributed by atoms with Gasteiger partial charge in [0.25, 0.3) is 0 Å². The summed E-state index contributed by atoms with van der Waals surface area (Å²) >= 11 is 0. The molecule has 0 N–H and O–H groups in total. The molecule has 0 aliphatic heterocycles. The van der Waals surface area contributed by atoms with Crippen molar-refractivity contribution < 1.29 is 0 Å². The second-order valence-electron chi connectivity index (χ2n) is 8.41. The van der Waals surface area contributed by atoms with Crippen LogP contribution in [0.25, 0.3) is 49.7 Å². The maximum atomic E-state index is 4.80. The molecule has 5 rings (SSSR count). The van der Waals surface area contributed by atoms with Gasteiger partial charge in [0.2, 0.25) is 0 Å². The minimum atomic E-state index is 0.491. The Morgan fingerprint density at radius 1 is 0.767 bits per heavy atom. The Morgan fingerprint density at radius 3 is 2.17 bits per heavy atom. The molecule has 1 heteroatoms. The highest BCUT2D eigenvalue weighted by molar-refractivity contribution is 6.19. The molecule has 5 aromatic rings. The largest absolute Gasteiger partial charge is 0.256 e. The first-order valence-corrected chi connectivity index (χ1v) is 10.5. The van der Waals surface area contributed by atoms with Crippen LogP contribution in [0.3, 0.4) is 0 Å². The molecule has 0 fully saturated rings. The van der Waals surface area contributed by atoms with Crippen LogP contribution in [0.5, 0.6) is 0 Å². The van der Waals surface area contributed by atoms with Crippen LogP contribution in [0.1, 0.15) is 36.5 Å². The lowest BCUT2D eigenvalue weighted by molar-refractivity contribution is 0.865. The molecule has 0 saturated carbocycles.